The molecule has 0 spiro atoms. The third-order valence-electron chi connectivity index (χ3n) is 16.4. The lowest BCUT2D eigenvalue weighted by atomic mass is 9.78. The Morgan fingerprint density at radius 3 is 2.29 bits per heavy atom. The summed E-state index contributed by atoms with van der Waals surface area (Å²) in [7, 11) is 3.08. The average Bonchev–Trinajstić information content (AvgIpc) is 3.43. The molecule has 3 N–H and O–H groups in total. The van der Waals surface area contributed by atoms with Crippen molar-refractivity contribution in [2.75, 3.05) is 40.6 Å². The topological polar surface area (TPSA) is 205 Å². The number of allylic oxidation sites excluding steroid dienone is 6. The van der Waals surface area contributed by atoms with Gasteiger partial charge in [0, 0.05) is 58.0 Å². The Hall–Kier alpha value is -4.19. The number of carbonyl (C=O) groups is 5. The van der Waals surface area contributed by atoms with Crippen molar-refractivity contribution in [3.05, 3.63) is 83.5 Å². The maximum atomic E-state index is 14.6. The number of hydrogen-bond donors (Lipinski definition) is 3. The summed E-state index contributed by atoms with van der Waals surface area (Å²) in [6.07, 6.45) is 13.6. The van der Waals surface area contributed by atoms with Gasteiger partial charge in [-0.05, 0) is 125 Å². The standard InChI is InChI=1S/C61H91NO14/c1-39-19-12-10-13-20-40(2)52(74-32-30-63)37-48-27-25-45(7)61(70,76-48)58(67)59(68)62-29-17-16-24-49(62)60(69)75-53(38-50(64)41(3)34-44(6)56(66)57(72-9)55(65)43(5)33-39)42(4)35-47-26-28-51(54(36-47)71-8)73-31-18-23-46-21-14-11-15-22-46/h10-15,19-22,34,39,41-43,45,47-49,51-54,56-57,63,66,70H,16-18,23-33,35-38H2,1-9H3/t39?,41?,42-,43?,45?,47+,48?,49?,51-,52?,53?,54-,56?,57?,61?/m1/s1. The minimum Gasteiger partial charge on any atom is -0.460 e. The van der Waals surface area contributed by atoms with Gasteiger partial charge in [0.25, 0.3) is 11.7 Å². The second-order valence-electron chi connectivity index (χ2n) is 22.4. The number of benzene rings is 1. The van der Waals surface area contributed by atoms with Crippen LogP contribution < -0.4 is 0 Å². The molecule has 0 radical (unpaired) electrons. The second kappa shape index (κ2) is 30.8. The van der Waals surface area contributed by atoms with E-state index in [-0.39, 0.29) is 80.5 Å². The van der Waals surface area contributed by atoms with E-state index in [1.54, 1.807) is 34.0 Å². The van der Waals surface area contributed by atoms with Crippen LogP contribution in [0, 0.1) is 35.5 Å². The molecular formula is C61H91NO14. The number of amides is 1. The van der Waals surface area contributed by atoms with Gasteiger partial charge in [0.2, 0.25) is 5.79 Å². The minimum absolute atomic E-state index is 0.00975. The second-order valence-corrected chi connectivity index (χ2v) is 22.4. The van der Waals surface area contributed by atoms with Crippen molar-refractivity contribution < 1.29 is 67.7 Å². The number of hydrogen-bond acceptors (Lipinski definition) is 14. The van der Waals surface area contributed by atoms with Crippen LogP contribution in [0.15, 0.2) is 77.9 Å². The van der Waals surface area contributed by atoms with Crippen LogP contribution in [0.4, 0.5) is 0 Å². The Balaban J connectivity index is 1.42. The van der Waals surface area contributed by atoms with Gasteiger partial charge in [0.1, 0.15) is 30.1 Å². The van der Waals surface area contributed by atoms with E-state index < -0.39 is 77.8 Å². The number of Topliss-reactive ketones (excluding diaryl/α,β-unsaturated/α-hetero) is 3. The summed E-state index contributed by atoms with van der Waals surface area (Å²) in [6.45, 7) is 13.2. The van der Waals surface area contributed by atoms with Gasteiger partial charge in [-0.15, -0.1) is 0 Å². The minimum atomic E-state index is -2.48. The fourth-order valence-corrected chi connectivity index (χ4v) is 11.6. The van der Waals surface area contributed by atoms with Crippen LogP contribution in [-0.2, 0) is 58.8 Å². The van der Waals surface area contributed by atoms with E-state index in [1.165, 1.54) is 17.6 Å². The molecule has 11 unspecified atom stereocenters. The highest BCUT2D eigenvalue weighted by atomic mass is 16.6. The van der Waals surface area contributed by atoms with Crippen molar-refractivity contribution >= 4 is 29.2 Å². The van der Waals surface area contributed by atoms with Gasteiger partial charge in [-0.1, -0.05) is 101 Å². The largest absolute Gasteiger partial charge is 0.460 e. The van der Waals surface area contributed by atoms with E-state index >= 15 is 0 Å². The molecular weight excluding hydrogens is 971 g/mol. The van der Waals surface area contributed by atoms with Crippen LogP contribution in [0.5, 0.6) is 0 Å². The van der Waals surface area contributed by atoms with E-state index in [4.69, 9.17) is 28.4 Å². The highest BCUT2D eigenvalue weighted by molar-refractivity contribution is 6.39. The summed E-state index contributed by atoms with van der Waals surface area (Å²) in [4.78, 5) is 72.9. The van der Waals surface area contributed by atoms with Crippen molar-refractivity contribution in [1.82, 2.24) is 4.90 Å². The summed E-state index contributed by atoms with van der Waals surface area (Å²) in [5.41, 5.74) is 2.45. The summed E-state index contributed by atoms with van der Waals surface area (Å²) in [5.74, 6) is -8.09. The molecule has 1 amide bonds. The zero-order valence-electron chi connectivity index (χ0n) is 46.9. The van der Waals surface area contributed by atoms with E-state index in [1.807, 2.05) is 76.3 Å². The lowest BCUT2D eigenvalue weighted by molar-refractivity contribution is -0.266. The van der Waals surface area contributed by atoms with Crippen LogP contribution >= 0.6 is 0 Å². The zero-order chi connectivity index (χ0) is 55.5. The molecule has 5 rings (SSSR count). The fourth-order valence-electron chi connectivity index (χ4n) is 11.6. The number of ketones is 3. The van der Waals surface area contributed by atoms with Crippen molar-refractivity contribution in [1.29, 1.82) is 0 Å². The Morgan fingerprint density at radius 2 is 1.58 bits per heavy atom. The van der Waals surface area contributed by atoms with Gasteiger partial charge in [-0.2, -0.15) is 0 Å². The highest BCUT2D eigenvalue weighted by Gasteiger charge is 2.53. The molecule has 424 valence electrons. The molecule has 1 aromatic rings. The average molecular weight is 1060 g/mol. The van der Waals surface area contributed by atoms with Gasteiger partial charge in [-0.25, -0.2) is 4.79 Å². The van der Waals surface area contributed by atoms with Crippen LogP contribution in [0.25, 0.3) is 0 Å². The smallest absolute Gasteiger partial charge is 0.329 e. The van der Waals surface area contributed by atoms with Crippen molar-refractivity contribution in [2.45, 2.75) is 193 Å². The first-order chi connectivity index (χ1) is 36.3. The molecule has 3 fully saturated rings. The molecule has 0 aromatic heterocycles. The number of fused-ring (bicyclic) bond motifs is 3. The molecule has 2 bridgehead atoms. The summed E-state index contributed by atoms with van der Waals surface area (Å²) in [6, 6.07) is 9.15. The lowest BCUT2D eigenvalue weighted by Gasteiger charge is -2.43. The van der Waals surface area contributed by atoms with E-state index in [9.17, 15) is 39.3 Å². The molecule has 1 aromatic carbocycles. The zero-order valence-corrected chi connectivity index (χ0v) is 46.9. The number of aryl methyl sites for hydroxylation is 1. The molecule has 4 aliphatic rings. The van der Waals surface area contributed by atoms with Crippen LogP contribution in [0.1, 0.15) is 138 Å². The highest BCUT2D eigenvalue weighted by Crippen LogP contribution is 2.38. The number of methoxy groups -OCH3 is 2. The molecule has 3 heterocycles. The normalized spacial score (nSPS) is 34.0. The van der Waals surface area contributed by atoms with Gasteiger partial charge in [0.15, 0.2) is 5.78 Å². The number of aliphatic hydroxyl groups is 3. The van der Waals surface area contributed by atoms with Gasteiger partial charge >= 0.3 is 5.97 Å². The lowest BCUT2D eigenvalue weighted by Crippen LogP contribution is -2.61. The van der Waals surface area contributed by atoms with Gasteiger partial charge in [0.05, 0.1) is 37.6 Å². The van der Waals surface area contributed by atoms with E-state index in [2.05, 4.69) is 12.1 Å². The maximum absolute atomic E-state index is 14.6. The number of rotatable bonds is 13. The van der Waals surface area contributed by atoms with Crippen molar-refractivity contribution in [3.63, 3.8) is 0 Å². The van der Waals surface area contributed by atoms with E-state index in [0.717, 1.165) is 31.3 Å². The SMILES string of the molecule is COC1C(=O)C(C)CC(C)C=CC=CC=C(C)C(OCCO)CC2CCC(C)C(O)(O2)C(=O)C(=O)N2CCCCC2C(=O)OC([C@H](C)C[C@@H]2CC[C@@H](OCCCc3ccccc3)[C@H](OC)C2)CC(=O)C(C)C=C(C)C1O. The monoisotopic (exact) mass is 1060 g/mol. The number of carbonyl (C=O) groups excluding carboxylic acids is 5. The van der Waals surface area contributed by atoms with E-state index in [0.29, 0.717) is 57.1 Å². The molecule has 2 saturated heterocycles. The van der Waals surface area contributed by atoms with Gasteiger partial charge < -0.3 is 48.6 Å². The molecule has 76 heavy (non-hydrogen) atoms. The molecule has 15 heteroatoms. The molecule has 3 aliphatic heterocycles. The molecule has 1 aliphatic carbocycles. The number of ether oxygens (including phenoxy) is 6. The summed E-state index contributed by atoms with van der Waals surface area (Å²) >= 11 is 0. The first kappa shape index (κ1) is 62.7. The van der Waals surface area contributed by atoms with Crippen LogP contribution in [0.3, 0.4) is 0 Å². The van der Waals surface area contributed by atoms with Crippen molar-refractivity contribution in [2.24, 2.45) is 35.5 Å². The Morgan fingerprint density at radius 1 is 0.829 bits per heavy atom. The Bertz CT molecular complexity index is 2160. The number of esters is 1. The Kier molecular flexibility index (Phi) is 25.4. The third-order valence-corrected chi connectivity index (χ3v) is 16.4. The maximum Gasteiger partial charge on any atom is 0.329 e. The first-order valence-electron chi connectivity index (χ1n) is 28.2. The molecule has 1 saturated carbocycles. The molecule has 15 nitrogen and oxygen atoms in total. The third kappa shape index (κ3) is 17.7. The predicted octanol–water partition coefficient (Wildman–Crippen LogP) is 8.20. The quantitative estimate of drug-likeness (QED) is 0.0738. The number of piperidine rings is 1. The van der Waals surface area contributed by atoms with Crippen LogP contribution in [-0.4, -0.2) is 145 Å². The number of aliphatic hydroxyl groups excluding tert-OH is 2. The fraction of sp³-hybridized carbons (Fsp3) is 0.689. The van der Waals surface area contributed by atoms with Crippen molar-refractivity contribution in [3.8, 4) is 0 Å². The van der Waals surface area contributed by atoms with Gasteiger partial charge in [-0.3, -0.25) is 19.2 Å². The van der Waals surface area contributed by atoms with Crippen LogP contribution in [0.2, 0.25) is 0 Å². The summed E-state index contributed by atoms with van der Waals surface area (Å²) in [5, 5.41) is 33.3. The summed E-state index contributed by atoms with van der Waals surface area (Å²) < 4.78 is 36.7. The Labute approximate surface area is 452 Å². The number of cyclic esters (lactones) is 1. The predicted molar refractivity (Wildman–Crippen MR) is 290 cm³/mol. The number of nitrogens with zero attached hydrogens (tertiary/aromatic N) is 1. The molecule has 15 atom stereocenters. The first-order valence-corrected chi connectivity index (χ1v) is 28.2.